The zero-order valence-electron chi connectivity index (χ0n) is 12.6. The van der Waals surface area contributed by atoms with Crippen molar-refractivity contribution in [3.63, 3.8) is 0 Å². The van der Waals surface area contributed by atoms with E-state index in [0.717, 1.165) is 5.56 Å². The van der Waals surface area contributed by atoms with Crippen molar-refractivity contribution in [2.75, 3.05) is 6.79 Å². The maximum atomic E-state index is 13.0. The molecule has 1 aliphatic carbocycles. The Morgan fingerprint density at radius 2 is 1.79 bits per heavy atom. The fourth-order valence-corrected chi connectivity index (χ4v) is 5.85. The zero-order chi connectivity index (χ0) is 16.9. The molecule has 4 rings (SSSR count). The molecule has 5 nitrogen and oxygen atoms in total. The van der Waals surface area contributed by atoms with Gasteiger partial charge >= 0.3 is 0 Å². The summed E-state index contributed by atoms with van der Waals surface area (Å²) in [6, 6.07) is 13.9. The SMILES string of the molecule is NC(=S)C1C(c2ccc3c(c2)OCO3)C1S(=O)(=O)c1ccccc1. The fraction of sp³-hybridized carbons (Fsp3) is 0.235. The van der Waals surface area contributed by atoms with Crippen LogP contribution in [0.1, 0.15) is 11.5 Å². The summed E-state index contributed by atoms with van der Waals surface area (Å²) < 4.78 is 36.6. The van der Waals surface area contributed by atoms with Crippen LogP contribution < -0.4 is 15.2 Å². The number of fused-ring (bicyclic) bond motifs is 1. The van der Waals surface area contributed by atoms with Crippen LogP contribution in [0, 0.1) is 5.92 Å². The third kappa shape index (κ3) is 2.35. The number of sulfone groups is 1. The Bertz CT molecular complexity index is 911. The van der Waals surface area contributed by atoms with Crippen molar-refractivity contribution in [2.45, 2.75) is 16.1 Å². The van der Waals surface area contributed by atoms with E-state index >= 15 is 0 Å². The van der Waals surface area contributed by atoms with Gasteiger partial charge in [-0.1, -0.05) is 36.5 Å². The second-order valence-electron chi connectivity index (χ2n) is 5.89. The van der Waals surface area contributed by atoms with Crippen LogP contribution in [-0.4, -0.2) is 25.4 Å². The Morgan fingerprint density at radius 1 is 1.08 bits per heavy atom. The molecule has 0 amide bonds. The van der Waals surface area contributed by atoms with Crippen molar-refractivity contribution < 1.29 is 17.9 Å². The van der Waals surface area contributed by atoms with E-state index < -0.39 is 15.1 Å². The highest BCUT2D eigenvalue weighted by Gasteiger charge is 2.60. The maximum Gasteiger partial charge on any atom is 0.231 e. The van der Waals surface area contributed by atoms with E-state index in [9.17, 15) is 8.42 Å². The summed E-state index contributed by atoms with van der Waals surface area (Å²) in [5.74, 6) is 0.651. The molecule has 124 valence electrons. The molecule has 0 bridgehead atoms. The molecule has 1 fully saturated rings. The van der Waals surface area contributed by atoms with Crippen LogP contribution >= 0.6 is 12.2 Å². The largest absolute Gasteiger partial charge is 0.454 e. The molecule has 2 aliphatic rings. The van der Waals surface area contributed by atoms with Crippen molar-refractivity contribution in [2.24, 2.45) is 11.7 Å². The third-order valence-electron chi connectivity index (χ3n) is 4.49. The molecule has 1 saturated carbocycles. The highest BCUT2D eigenvalue weighted by Crippen LogP contribution is 2.55. The summed E-state index contributed by atoms with van der Waals surface area (Å²) in [5, 5.41) is -0.641. The van der Waals surface area contributed by atoms with Gasteiger partial charge in [0, 0.05) is 11.8 Å². The van der Waals surface area contributed by atoms with Gasteiger partial charge in [0.25, 0.3) is 0 Å². The Kier molecular flexibility index (Phi) is 3.51. The van der Waals surface area contributed by atoms with Crippen LogP contribution in [0.4, 0.5) is 0 Å². The third-order valence-corrected chi connectivity index (χ3v) is 7.00. The zero-order valence-corrected chi connectivity index (χ0v) is 14.2. The molecule has 3 atom stereocenters. The van der Waals surface area contributed by atoms with Gasteiger partial charge in [0.2, 0.25) is 6.79 Å². The van der Waals surface area contributed by atoms with Crippen LogP contribution in [-0.2, 0) is 9.84 Å². The molecular weight excluding hydrogens is 346 g/mol. The first-order valence-electron chi connectivity index (χ1n) is 7.48. The van der Waals surface area contributed by atoms with E-state index in [-0.39, 0.29) is 23.6 Å². The number of nitrogens with two attached hydrogens (primary N) is 1. The molecule has 7 heteroatoms. The second-order valence-corrected chi connectivity index (χ2v) is 8.47. The lowest BCUT2D eigenvalue weighted by Gasteiger charge is -2.04. The fourth-order valence-electron chi connectivity index (χ4n) is 3.29. The van der Waals surface area contributed by atoms with Gasteiger partial charge in [0.1, 0.15) is 0 Å². The summed E-state index contributed by atoms with van der Waals surface area (Å²) in [7, 11) is -3.51. The molecule has 2 aromatic carbocycles. The predicted octanol–water partition coefficient (Wildman–Crippen LogP) is 2.26. The van der Waals surface area contributed by atoms with E-state index in [1.54, 1.807) is 36.4 Å². The average molecular weight is 361 g/mol. The predicted molar refractivity (Wildman–Crippen MR) is 93.0 cm³/mol. The molecule has 3 unspecified atom stereocenters. The summed E-state index contributed by atoms with van der Waals surface area (Å²) in [4.78, 5) is 0.515. The number of thiocarbonyl (C=S) groups is 1. The molecule has 0 saturated heterocycles. The highest BCUT2D eigenvalue weighted by atomic mass is 32.2. The smallest absolute Gasteiger partial charge is 0.231 e. The number of rotatable bonds is 4. The minimum atomic E-state index is -3.51. The van der Waals surface area contributed by atoms with E-state index in [1.807, 2.05) is 12.1 Å². The Labute approximate surface area is 145 Å². The number of ether oxygens (including phenoxy) is 2. The van der Waals surface area contributed by atoms with Gasteiger partial charge in [-0.15, -0.1) is 0 Å². The van der Waals surface area contributed by atoms with Crippen LogP contribution in [0.2, 0.25) is 0 Å². The first kappa shape index (κ1) is 15.4. The molecule has 0 spiro atoms. The van der Waals surface area contributed by atoms with Crippen LogP contribution in [0.15, 0.2) is 53.4 Å². The summed E-state index contributed by atoms with van der Waals surface area (Å²) in [6.07, 6.45) is 0. The topological polar surface area (TPSA) is 78.6 Å². The quantitative estimate of drug-likeness (QED) is 0.842. The van der Waals surface area contributed by atoms with Gasteiger partial charge < -0.3 is 15.2 Å². The highest BCUT2D eigenvalue weighted by molar-refractivity contribution is 7.92. The normalized spacial score (nSPS) is 24.6. The van der Waals surface area contributed by atoms with Crippen molar-refractivity contribution in [3.05, 3.63) is 54.1 Å². The number of hydrogen-bond donors (Lipinski definition) is 1. The van der Waals surface area contributed by atoms with Gasteiger partial charge in [0.05, 0.1) is 15.1 Å². The summed E-state index contributed by atoms with van der Waals surface area (Å²) in [5.41, 5.74) is 6.66. The lowest BCUT2D eigenvalue weighted by molar-refractivity contribution is 0.174. The first-order chi connectivity index (χ1) is 11.5. The minimum absolute atomic E-state index is 0.175. The van der Waals surface area contributed by atoms with Crippen molar-refractivity contribution in [3.8, 4) is 11.5 Å². The number of hydrogen-bond acceptors (Lipinski definition) is 5. The van der Waals surface area contributed by atoms with Gasteiger partial charge in [-0.2, -0.15) is 0 Å². The van der Waals surface area contributed by atoms with Crippen LogP contribution in [0.25, 0.3) is 0 Å². The lowest BCUT2D eigenvalue weighted by atomic mass is 10.1. The molecule has 1 aliphatic heterocycles. The summed E-state index contributed by atoms with van der Waals surface area (Å²) >= 11 is 5.11. The summed E-state index contributed by atoms with van der Waals surface area (Å²) in [6.45, 7) is 0.175. The number of benzene rings is 2. The monoisotopic (exact) mass is 361 g/mol. The van der Waals surface area contributed by atoms with Crippen molar-refractivity contribution >= 4 is 27.0 Å². The standard InChI is InChI=1S/C17H15NO4S2/c18-17(23)15-14(10-6-7-12-13(8-10)22-9-21-12)16(15)24(19,20)11-4-2-1-3-5-11/h1-8,14-16H,9H2,(H2,18,23). The molecule has 24 heavy (non-hydrogen) atoms. The van der Waals surface area contributed by atoms with Crippen LogP contribution in [0.5, 0.6) is 11.5 Å². The lowest BCUT2D eigenvalue weighted by Crippen LogP contribution is -2.17. The minimum Gasteiger partial charge on any atom is -0.454 e. The van der Waals surface area contributed by atoms with E-state index in [1.165, 1.54) is 0 Å². The van der Waals surface area contributed by atoms with Gasteiger partial charge in [-0.05, 0) is 29.8 Å². The molecule has 2 aromatic rings. The molecule has 0 radical (unpaired) electrons. The van der Waals surface area contributed by atoms with E-state index in [2.05, 4.69) is 0 Å². The Morgan fingerprint density at radius 3 is 2.50 bits per heavy atom. The molecular formula is C17H15NO4S2. The molecule has 2 N–H and O–H groups in total. The second kappa shape index (κ2) is 5.46. The molecule has 0 aromatic heterocycles. The van der Waals surface area contributed by atoms with Gasteiger partial charge in [-0.25, -0.2) is 8.42 Å². The van der Waals surface area contributed by atoms with Crippen molar-refractivity contribution in [1.82, 2.24) is 0 Å². The van der Waals surface area contributed by atoms with E-state index in [4.69, 9.17) is 27.4 Å². The molecule has 1 heterocycles. The van der Waals surface area contributed by atoms with Gasteiger partial charge in [0.15, 0.2) is 21.3 Å². The van der Waals surface area contributed by atoms with E-state index in [0.29, 0.717) is 16.4 Å². The Balaban J connectivity index is 1.72. The van der Waals surface area contributed by atoms with Crippen molar-refractivity contribution in [1.29, 1.82) is 0 Å². The Hall–Kier alpha value is -2.12. The van der Waals surface area contributed by atoms with Gasteiger partial charge in [-0.3, -0.25) is 0 Å². The first-order valence-corrected chi connectivity index (χ1v) is 9.43. The average Bonchev–Trinajstić information content (AvgIpc) is 3.19. The maximum absolute atomic E-state index is 13.0. The van der Waals surface area contributed by atoms with Crippen LogP contribution in [0.3, 0.4) is 0 Å².